The highest BCUT2D eigenvalue weighted by atomic mass is 16.2. The summed E-state index contributed by atoms with van der Waals surface area (Å²) in [5, 5.41) is 2.93. The summed E-state index contributed by atoms with van der Waals surface area (Å²) in [7, 11) is 0. The molecule has 2 saturated heterocycles. The first kappa shape index (κ1) is 39.4. The van der Waals surface area contributed by atoms with E-state index >= 15 is 0 Å². The average Bonchev–Trinajstić information content (AvgIpc) is 3.88. The molecule has 4 aromatic heterocycles. The molecule has 3 N–H and O–H groups in total. The Bertz CT molecular complexity index is 2740. The van der Waals surface area contributed by atoms with Crippen molar-refractivity contribution in [3.05, 3.63) is 169 Å². The molecule has 3 amide bonds. The molecular weight excluding hydrogens is 759 g/mol. The molecule has 0 radical (unpaired) electrons. The molecule has 0 bridgehead atoms. The molecule has 2 aliphatic heterocycles. The Balaban J connectivity index is 0.000000156. The van der Waals surface area contributed by atoms with Gasteiger partial charge in [-0.05, 0) is 57.6 Å². The van der Waals surface area contributed by atoms with Crippen LogP contribution in [0, 0.1) is 0 Å². The number of nitrogens with one attached hydrogen (secondary N) is 1. The van der Waals surface area contributed by atoms with Gasteiger partial charge in [0.1, 0.15) is 11.3 Å². The molecule has 2 fully saturated rings. The summed E-state index contributed by atoms with van der Waals surface area (Å²) in [5.41, 5.74) is 18.9. The fraction of sp³-hybridized carbons (Fsp3) is 0.200. The minimum Gasteiger partial charge on any atom is -0.355 e. The van der Waals surface area contributed by atoms with Gasteiger partial charge >= 0.3 is 6.03 Å². The van der Waals surface area contributed by atoms with Gasteiger partial charge in [0.15, 0.2) is 0 Å². The number of primary amides is 1. The van der Waals surface area contributed by atoms with E-state index in [0.29, 0.717) is 19.5 Å². The molecule has 8 aromatic rings. The fourth-order valence-corrected chi connectivity index (χ4v) is 8.18. The smallest absolute Gasteiger partial charge is 0.314 e. The van der Waals surface area contributed by atoms with Crippen LogP contribution in [0.2, 0.25) is 0 Å². The number of pyridine rings is 2. The first-order valence-electron chi connectivity index (χ1n) is 20.9. The van der Waals surface area contributed by atoms with Crippen molar-refractivity contribution in [1.29, 1.82) is 0 Å². The van der Waals surface area contributed by atoms with Crippen LogP contribution >= 0.6 is 0 Å². The number of aromatic nitrogens is 4. The van der Waals surface area contributed by atoms with Crippen LogP contribution in [0.1, 0.15) is 17.5 Å². The summed E-state index contributed by atoms with van der Waals surface area (Å²) < 4.78 is 4.25. The van der Waals surface area contributed by atoms with Gasteiger partial charge in [-0.1, -0.05) is 109 Å². The van der Waals surface area contributed by atoms with Crippen molar-refractivity contribution in [2.24, 2.45) is 5.73 Å². The molecule has 306 valence electrons. The van der Waals surface area contributed by atoms with E-state index in [9.17, 15) is 9.59 Å². The zero-order valence-electron chi connectivity index (χ0n) is 34.1. The van der Waals surface area contributed by atoms with E-state index in [2.05, 4.69) is 143 Å². The van der Waals surface area contributed by atoms with E-state index < -0.39 is 0 Å². The molecule has 0 spiro atoms. The number of hydrogen-bond donors (Lipinski definition) is 2. The molecule has 10 rings (SSSR count). The predicted molar refractivity (Wildman–Crippen MR) is 241 cm³/mol. The Morgan fingerprint density at radius 3 is 1.49 bits per heavy atom. The third-order valence-corrected chi connectivity index (χ3v) is 11.6. The molecule has 0 saturated carbocycles. The second kappa shape index (κ2) is 18.0. The van der Waals surface area contributed by atoms with Gasteiger partial charge in [-0.3, -0.25) is 23.4 Å². The maximum absolute atomic E-state index is 11.5. The van der Waals surface area contributed by atoms with E-state index in [-0.39, 0.29) is 11.9 Å². The van der Waals surface area contributed by atoms with Crippen LogP contribution in [0.3, 0.4) is 0 Å². The Morgan fingerprint density at radius 1 is 0.541 bits per heavy atom. The van der Waals surface area contributed by atoms with E-state index in [4.69, 9.17) is 5.73 Å². The van der Waals surface area contributed by atoms with Gasteiger partial charge in [0.2, 0.25) is 5.91 Å². The van der Waals surface area contributed by atoms with Gasteiger partial charge in [-0.2, -0.15) is 0 Å². The first-order chi connectivity index (χ1) is 29.9. The maximum Gasteiger partial charge on any atom is 0.314 e. The largest absolute Gasteiger partial charge is 0.355 e. The molecule has 61 heavy (non-hydrogen) atoms. The van der Waals surface area contributed by atoms with Crippen molar-refractivity contribution in [1.82, 2.24) is 38.8 Å². The summed E-state index contributed by atoms with van der Waals surface area (Å²) in [4.78, 5) is 38.4. The van der Waals surface area contributed by atoms with Gasteiger partial charge in [-0.25, -0.2) is 14.8 Å². The van der Waals surface area contributed by atoms with E-state index in [1.165, 1.54) is 22.3 Å². The van der Waals surface area contributed by atoms with Crippen LogP contribution in [0.5, 0.6) is 0 Å². The number of amides is 3. The third kappa shape index (κ3) is 9.23. The second-order valence-corrected chi connectivity index (χ2v) is 15.7. The van der Waals surface area contributed by atoms with Crippen LogP contribution in [-0.4, -0.2) is 91.2 Å². The SMILES string of the molecule is NC(=O)N1CCN(Cc2ccc(-c3ccn4c(-c5ccccc5)cnc4c3)cc2)CC1.O=C1CCN(Cc2ccc(-c3ccn4c(-c5ccccc5)cnc4c3)cc2)CCN1. The van der Waals surface area contributed by atoms with Crippen molar-refractivity contribution >= 4 is 23.2 Å². The van der Waals surface area contributed by atoms with Crippen LogP contribution in [0.4, 0.5) is 4.79 Å². The molecule has 0 atom stereocenters. The summed E-state index contributed by atoms with van der Waals surface area (Å²) in [6, 6.07) is 46.3. The second-order valence-electron chi connectivity index (χ2n) is 15.7. The lowest BCUT2D eigenvalue weighted by atomic mass is 10.0. The predicted octanol–water partition coefficient (Wildman–Crippen LogP) is 7.85. The van der Waals surface area contributed by atoms with Gasteiger partial charge in [0, 0.05) is 88.8 Å². The fourth-order valence-electron chi connectivity index (χ4n) is 8.18. The van der Waals surface area contributed by atoms with E-state index in [1.54, 1.807) is 4.90 Å². The number of rotatable bonds is 8. The Morgan fingerprint density at radius 2 is 1.02 bits per heavy atom. The highest BCUT2D eigenvalue weighted by molar-refractivity contribution is 5.76. The number of piperazine rings is 1. The van der Waals surface area contributed by atoms with Crippen LogP contribution in [-0.2, 0) is 17.9 Å². The van der Waals surface area contributed by atoms with Crippen molar-refractivity contribution in [3.63, 3.8) is 0 Å². The van der Waals surface area contributed by atoms with Crippen LogP contribution in [0.15, 0.2) is 158 Å². The quantitative estimate of drug-likeness (QED) is 0.162. The molecule has 11 nitrogen and oxygen atoms in total. The summed E-state index contributed by atoms with van der Waals surface area (Å²) in [5.74, 6) is 0.151. The average molecular weight is 808 g/mol. The standard InChI is InChI=1S/C25H25N5O.C25H24N4O/c26-25(31)29-14-12-28(13-15-29)18-19-6-8-20(9-7-19)22-10-11-30-23(17-27-24(30)16-22)21-4-2-1-3-5-21;30-25-11-13-28(15-12-26-25)18-19-6-8-20(9-7-19)22-10-14-29-23(17-27-24(29)16-22)21-4-2-1-3-5-21/h1-11,16-17H,12-15,18H2,(H2,26,31);1-10,14,16-17H,11-13,15,18H2,(H,26,30). The molecule has 11 heteroatoms. The number of nitrogens with zero attached hydrogens (tertiary/aromatic N) is 7. The first-order valence-corrected chi connectivity index (χ1v) is 20.9. The molecule has 6 heterocycles. The Labute approximate surface area is 355 Å². The molecule has 0 aliphatic carbocycles. The number of carbonyl (C=O) groups is 2. The van der Waals surface area contributed by atoms with E-state index in [1.807, 2.05) is 48.8 Å². The lowest BCUT2D eigenvalue weighted by Crippen LogP contribution is -2.50. The summed E-state index contributed by atoms with van der Waals surface area (Å²) >= 11 is 0. The minimum absolute atomic E-state index is 0.151. The number of hydrogen-bond acceptors (Lipinski definition) is 6. The minimum atomic E-state index is -0.325. The molecular formula is C50H49N9O2. The third-order valence-electron chi connectivity index (χ3n) is 11.6. The Kier molecular flexibility index (Phi) is 11.6. The maximum atomic E-state index is 11.5. The number of imidazole rings is 2. The number of benzene rings is 4. The van der Waals surface area contributed by atoms with Crippen molar-refractivity contribution in [2.45, 2.75) is 19.5 Å². The normalized spacial score (nSPS) is 15.0. The molecule has 0 unspecified atom stereocenters. The van der Waals surface area contributed by atoms with Crippen molar-refractivity contribution in [2.75, 3.05) is 45.8 Å². The number of nitrogens with two attached hydrogens (primary N) is 1. The lowest BCUT2D eigenvalue weighted by Gasteiger charge is -2.33. The molecule has 2 aliphatic rings. The molecule has 4 aromatic carbocycles. The Hall–Kier alpha value is -7.08. The van der Waals surface area contributed by atoms with Crippen molar-refractivity contribution < 1.29 is 9.59 Å². The monoisotopic (exact) mass is 807 g/mol. The number of fused-ring (bicyclic) bond motifs is 2. The lowest BCUT2D eigenvalue weighted by molar-refractivity contribution is -0.120. The number of urea groups is 1. The van der Waals surface area contributed by atoms with E-state index in [0.717, 1.165) is 90.7 Å². The van der Waals surface area contributed by atoms with Crippen molar-refractivity contribution in [3.8, 4) is 44.8 Å². The highest BCUT2D eigenvalue weighted by Crippen LogP contribution is 2.28. The number of carbonyl (C=O) groups excluding carboxylic acids is 2. The van der Waals surface area contributed by atoms with Gasteiger partial charge in [0.25, 0.3) is 0 Å². The zero-order chi connectivity index (χ0) is 41.5. The topological polar surface area (TPSA) is 117 Å². The van der Waals surface area contributed by atoms with Gasteiger partial charge < -0.3 is 16.0 Å². The van der Waals surface area contributed by atoms with Crippen LogP contribution < -0.4 is 11.1 Å². The van der Waals surface area contributed by atoms with Gasteiger partial charge in [-0.15, -0.1) is 0 Å². The highest BCUT2D eigenvalue weighted by Gasteiger charge is 2.19. The summed E-state index contributed by atoms with van der Waals surface area (Å²) in [6.45, 7) is 7.29. The van der Waals surface area contributed by atoms with Crippen LogP contribution in [0.25, 0.3) is 56.1 Å². The van der Waals surface area contributed by atoms with Gasteiger partial charge in [0.05, 0.1) is 23.8 Å². The zero-order valence-corrected chi connectivity index (χ0v) is 34.1. The summed E-state index contributed by atoms with van der Waals surface area (Å²) in [6.07, 6.45) is 8.61.